The van der Waals surface area contributed by atoms with Gasteiger partial charge in [-0.25, -0.2) is 0 Å². The van der Waals surface area contributed by atoms with Crippen molar-refractivity contribution in [2.45, 2.75) is 25.5 Å². The van der Waals surface area contributed by atoms with Crippen LogP contribution in [0.15, 0.2) is 22.7 Å². The first-order valence-electron chi connectivity index (χ1n) is 5.93. The van der Waals surface area contributed by atoms with Gasteiger partial charge < -0.3 is 15.4 Å². The molecule has 4 nitrogen and oxygen atoms in total. The average molecular weight is 313 g/mol. The van der Waals surface area contributed by atoms with Gasteiger partial charge in [0, 0.05) is 23.8 Å². The van der Waals surface area contributed by atoms with Gasteiger partial charge in [0.05, 0.1) is 12.1 Å². The minimum absolute atomic E-state index is 0.00394. The van der Waals surface area contributed by atoms with E-state index in [1.165, 1.54) is 0 Å². The van der Waals surface area contributed by atoms with E-state index in [9.17, 15) is 4.79 Å². The number of benzene rings is 1. The van der Waals surface area contributed by atoms with Crippen LogP contribution in [0.25, 0.3) is 0 Å². The predicted molar refractivity (Wildman–Crippen MR) is 74.7 cm³/mol. The fraction of sp³-hybridized carbons (Fsp3) is 0.462. The highest BCUT2D eigenvalue weighted by molar-refractivity contribution is 9.10. The lowest BCUT2D eigenvalue weighted by Crippen LogP contribution is -2.35. The average Bonchev–Trinajstić information content (AvgIpc) is 2.82. The number of carbonyl (C=O) groups is 1. The molecule has 5 heteroatoms. The van der Waals surface area contributed by atoms with Crippen molar-refractivity contribution < 1.29 is 9.53 Å². The topological polar surface area (TPSA) is 50.4 Å². The van der Waals surface area contributed by atoms with E-state index in [2.05, 4.69) is 26.6 Å². The molecule has 0 radical (unpaired) electrons. The number of aryl methyl sites for hydroxylation is 1. The van der Waals surface area contributed by atoms with E-state index in [1.54, 1.807) is 7.11 Å². The minimum atomic E-state index is -0.173. The van der Waals surface area contributed by atoms with Crippen molar-refractivity contribution in [2.24, 2.45) is 0 Å². The number of hydrogen-bond acceptors (Lipinski definition) is 3. The molecule has 1 aromatic carbocycles. The molecule has 18 heavy (non-hydrogen) atoms. The number of anilines is 1. The first kappa shape index (κ1) is 13.5. The first-order chi connectivity index (χ1) is 8.60. The summed E-state index contributed by atoms with van der Waals surface area (Å²) >= 11 is 3.40. The highest BCUT2D eigenvalue weighted by Crippen LogP contribution is 2.21. The molecule has 1 aliphatic rings. The molecule has 1 aromatic rings. The van der Waals surface area contributed by atoms with Crippen molar-refractivity contribution in [3.05, 3.63) is 28.2 Å². The number of nitrogens with one attached hydrogen (secondary N) is 2. The number of methoxy groups -OCH3 is 1. The molecular weight excluding hydrogens is 296 g/mol. The van der Waals surface area contributed by atoms with E-state index in [0.29, 0.717) is 0 Å². The Kier molecular flexibility index (Phi) is 4.37. The molecule has 0 spiro atoms. The number of amides is 1. The van der Waals surface area contributed by atoms with E-state index in [1.807, 2.05) is 25.1 Å². The number of hydrogen-bond donors (Lipinski definition) is 2. The standard InChI is InChI=1S/C13H17BrN2O2/c1-8-3-4-9(14)5-11(8)16-13(17)12-6-10(18-2)7-15-12/h3-5,10,12,15H,6-7H2,1-2H3,(H,16,17). The number of halogens is 1. The van der Waals surface area contributed by atoms with Crippen LogP contribution >= 0.6 is 15.9 Å². The van der Waals surface area contributed by atoms with Gasteiger partial charge in [0.15, 0.2) is 0 Å². The third kappa shape index (κ3) is 3.10. The molecule has 2 atom stereocenters. The largest absolute Gasteiger partial charge is 0.380 e. The van der Waals surface area contributed by atoms with E-state index < -0.39 is 0 Å². The maximum atomic E-state index is 12.1. The van der Waals surface area contributed by atoms with Crippen LogP contribution in [0.3, 0.4) is 0 Å². The summed E-state index contributed by atoms with van der Waals surface area (Å²) in [4.78, 5) is 12.1. The van der Waals surface area contributed by atoms with Gasteiger partial charge in [-0.05, 0) is 31.0 Å². The van der Waals surface area contributed by atoms with Gasteiger partial charge in [-0.1, -0.05) is 22.0 Å². The maximum Gasteiger partial charge on any atom is 0.241 e. The quantitative estimate of drug-likeness (QED) is 0.898. The lowest BCUT2D eigenvalue weighted by molar-refractivity contribution is -0.118. The summed E-state index contributed by atoms with van der Waals surface area (Å²) < 4.78 is 6.19. The number of carbonyl (C=O) groups excluding carboxylic acids is 1. The summed E-state index contributed by atoms with van der Waals surface area (Å²) in [7, 11) is 1.67. The normalized spacial score (nSPS) is 23.1. The Morgan fingerprint density at radius 2 is 2.33 bits per heavy atom. The van der Waals surface area contributed by atoms with E-state index in [0.717, 1.165) is 28.7 Å². The number of rotatable bonds is 3. The minimum Gasteiger partial charge on any atom is -0.380 e. The van der Waals surface area contributed by atoms with E-state index in [-0.39, 0.29) is 18.1 Å². The monoisotopic (exact) mass is 312 g/mol. The second-order valence-electron chi connectivity index (χ2n) is 4.50. The summed E-state index contributed by atoms with van der Waals surface area (Å²) in [6, 6.07) is 5.67. The summed E-state index contributed by atoms with van der Waals surface area (Å²) in [6.07, 6.45) is 0.847. The smallest absolute Gasteiger partial charge is 0.241 e. The zero-order valence-corrected chi connectivity index (χ0v) is 12.1. The molecule has 1 heterocycles. The molecule has 0 bridgehead atoms. The Morgan fingerprint density at radius 1 is 1.56 bits per heavy atom. The summed E-state index contributed by atoms with van der Waals surface area (Å²) in [5.74, 6) is -0.00394. The zero-order chi connectivity index (χ0) is 13.1. The molecular formula is C13H17BrN2O2. The van der Waals surface area contributed by atoms with Crippen LogP contribution in [0.5, 0.6) is 0 Å². The van der Waals surface area contributed by atoms with Gasteiger partial charge in [0.2, 0.25) is 5.91 Å². The Labute approximate surface area is 115 Å². The second-order valence-corrected chi connectivity index (χ2v) is 5.42. The Balaban J connectivity index is 2.01. The van der Waals surface area contributed by atoms with Crippen LogP contribution < -0.4 is 10.6 Å². The van der Waals surface area contributed by atoms with Crippen molar-refractivity contribution in [1.82, 2.24) is 5.32 Å². The highest BCUT2D eigenvalue weighted by Gasteiger charge is 2.29. The molecule has 2 unspecified atom stereocenters. The van der Waals surface area contributed by atoms with Crippen LogP contribution in [0, 0.1) is 6.92 Å². The van der Waals surface area contributed by atoms with Crippen molar-refractivity contribution in [3.8, 4) is 0 Å². The molecule has 0 aliphatic carbocycles. The number of ether oxygens (including phenoxy) is 1. The predicted octanol–water partition coefficient (Wildman–Crippen LogP) is 2.07. The fourth-order valence-electron chi connectivity index (χ4n) is 2.03. The first-order valence-corrected chi connectivity index (χ1v) is 6.72. The SMILES string of the molecule is COC1CNC(C(=O)Nc2cc(Br)ccc2C)C1. The molecule has 2 rings (SSSR count). The van der Waals surface area contributed by atoms with Crippen LogP contribution in [0.2, 0.25) is 0 Å². The van der Waals surface area contributed by atoms with Gasteiger partial charge in [-0.3, -0.25) is 4.79 Å². The third-order valence-electron chi connectivity index (χ3n) is 3.20. The lowest BCUT2D eigenvalue weighted by Gasteiger charge is -2.13. The van der Waals surface area contributed by atoms with E-state index in [4.69, 9.17) is 4.74 Å². The summed E-state index contributed by atoms with van der Waals surface area (Å²) in [5, 5.41) is 6.11. The van der Waals surface area contributed by atoms with Gasteiger partial charge >= 0.3 is 0 Å². The van der Waals surface area contributed by atoms with Crippen LogP contribution in [0.4, 0.5) is 5.69 Å². The molecule has 2 N–H and O–H groups in total. The fourth-order valence-corrected chi connectivity index (χ4v) is 2.39. The molecule has 0 saturated carbocycles. The maximum absolute atomic E-state index is 12.1. The van der Waals surface area contributed by atoms with E-state index >= 15 is 0 Å². The molecule has 1 amide bonds. The Bertz CT molecular complexity index is 451. The molecule has 1 saturated heterocycles. The summed E-state index contributed by atoms with van der Waals surface area (Å²) in [5.41, 5.74) is 1.89. The summed E-state index contributed by atoms with van der Waals surface area (Å²) in [6.45, 7) is 2.70. The van der Waals surface area contributed by atoms with Gasteiger partial charge in [0.25, 0.3) is 0 Å². The van der Waals surface area contributed by atoms with Crippen molar-refractivity contribution >= 4 is 27.5 Å². The van der Waals surface area contributed by atoms with Crippen molar-refractivity contribution in [2.75, 3.05) is 19.0 Å². The van der Waals surface area contributed by atoms with Gasteiger partial charge in [0.1, 0.15) is 0 Å². The molecule has 1 fully saturated rings. The lowest BCUT2D eigenvalue weighted by atomic mass is 10.1. The molecule has 1 aliphatic heterocycles. The Hall–Kier alpha value is -0.910. The zero-order valence-electron chi connectivity index (χ0n) is 10.5. The third-order valence-corrected chi connectivity index (χ3v) is 3.69. The second kappa shape index (κ2) is 5.82. The van der Waals surface area contributed by atoms with Crippen molar-refractivity contribution in [3.63, 3.8) is 0 Å². The molecule has 0 aromatic heterocycles. The Morgan fingerprint density at radius 3 is 3.00 bits per heavy atom. The van der Waals surface area contributed by atoms with Crippen LogP contribution in [-0.2, 0) is 9.53 Å². The highest BCUT2D eigenvalue weighted by atomic mass is 79.9. The van der Waals surface area contributed by atoms with Crippen LogP contribution in [0.1, 0.15) is 12.0 Å². The van der Waals surface area contributed by atoms with Crippen molar-refractivity contribution in [1.29, 1.82) is 0 Å². The van der Waals surface area contributed by atoms with Gasteiger partial charge in [-0.2, -0.15) is 0 Å². The molecule has 98 valence electrons. The van der Waals surface area contributed by atoms with Crippen LogP contribution in [-0.4, -0.2) is 31.7 Å². The van der Waals surface area contributed by atoms with Gasteiger partial charge in [-0.15, -0.1) is 0 Å².